The lowest BCUT2D eigenvalue weighted by molar-refractivity contribution is -0.122. The molecule has 2 aromatic rings. The molecule has 0 aliphatic rings. The summed E-state index contributed by atoms with van der Waals surface area (Å²) in [5.41, 5.74) is 5.80. The Hall–Kier alpha value is -3.59. The van der Waals surface area contributed by atoms with Crippen molar-refractivity contribution in [3.63, 3.8) is 0 Å². The van der Waals surface area contributed by atoms with Crippen molar-refractivity contribution in [3.8, 4) is 0 Å². The molecule has 0 amide bonds. The second kappa shape index (κ2) is 12.9. The quantitative estimate of drug-likeness (QED) is 0.132. The van der Waals surface area contributed by atoms with Gasteiger partial charge in [-0.05, 0) is 24.4 Å². The van der Waals surface area contributed by atoms with E-state index in [0.29, 0.717) is 23.0 Å². The molecule has 0 bridgehead atoms. The summed E-state index contributed by atoms with van der Waals surface area (Å²) in [4.78, 5) is 11.0. The zero-order chi connectivity index (χ0) is 26.8. The molecule has 0 aliphatic heterocycles. The fraction of sp³-hybridized carbons (Fsp3) is 0.190. The van der Waals surface area contributed by atoms with Gasteiger partial charge in [0, 0.05) is 16.7 Å². The Morgan fingerprint density at radius 2 is 1.14 bits per heavy atom. The maximum Gasteiger partial charge on any atom is 0.405 e. The van der Waals surface area contributed by atoms with Crippen LogP contribution in [0.3, 0.4) is 0 Å². The molecule has 0 fully saturated rings. The fourth-order valence-electron chi connectivity index (χ4n) is 2.48. The molecular formula is C21H18F6N6OS2. The number of nitrogens with zero attached hydrogens (tertiary/aromatic N) is 2. The van der Waals surface area contributed by atoms with Gasteiger partial charge in [0.1, 0.15) is 30.8 Å². The Morgan fingerprint density at radius 3 is 1.53 bits per heavy atom. The lowest BCUT2D eigenvalue weighted by Gasteiger charge is -2.15. The highest BCUT2D eigenvalue weighted by atomic mass is 32.1. The van der Waals surface area contributed by atoms with E-state index >= 15 is 0 Å². The Labute approximate surface area is 212 Å². The molecule has 2 rings (SSSR count). The summed E-state index contributed by atoms with van der Waals surface area (Å²) < 4.78 is 74.9. The van der Waals surface area contributed by atoms with Crippen LogP contribution in [0.2, 0.25) is 0 Å². The van der Waals surface area contributed by atoms with E-state index < -0.39 is 35.7 Å². The SMILES string of the molecule is O=Cc1ccc(C(=N\NC(=S)NCC(F)(F)F)/C(=N/NC(=S)NCC(F)(F)F)c2ccccc2)cc1. The van der Waals surface area contributed by atoms with E-state index in [0.717, 1.165) is 0 Å². The van der Waals surface area contributed by atoms with Gasteiger partial charge < -0.3 is 10.6 Å². The first kappa shape index (κ1) is 28.6. The van der Waals surface area contributed by atoms with Gasteiger partial charge >= 0.3 is 12.4 Å². The average molecular weight is 549 g/mol. The van der Waals surface area contributed by atoms with Gasteiger partial charge in [0.05, 0.1) is 0 Å². The number of alkyl halides is 6. The summed E-state index contributed by atoms with van der Waals surface area (Å²) in [6.07, 6.45) is -8.44. The van der Waals surface area contributed by atoms with Gasteiger partial charge in [-0.1, -0.05) is 54.6 Å². The van der Waals surface area contributed by atoms with Gasteiger partial charge in [-0.2, -0.15) is 36.5 Å². The number of aldehydes is 1. The minimum atomic E-state index is -4.53. The topological polar surface area (TPSA) is 89.9 Å². The molecule has 0 atom stereocenters. The number of rotatable bonds is 8. The van der Waals surface area contributed by atoms with Crippen LogP contribution in [0.15, 0.2) is 64.8 Å². The third-order valence-electron chi connectivity index (χ3n) is 4.03. The van der Waals surface area contributed by atoms with Crippen LogP contribution in [0.4, 0.5) is 26.3 Å². The van der Waals surface area contributed by atoms with Crippen molar-refractivity contribution >= 4 is 52.4 Å². The monoisotopic (exact) mass is 548 g/mol. The van der Waals surface area contributed by atoms with E-state index in [1.54, 1.807) is 30.3 Å². The van der Waals surface area contributed by atoms with E-state index in [1.807, 2.05) is 10.6 Å². The zero-order valence-corrected chi connectivity index (χ0v) is 19.7. The first-order chi connectivity index (χ1) is 16.9. The summed E-state index contributed by atoms with van der Waals surface area (Å²) in [6, 6.07) is 14.2. The van der Waals surface area contributed by atoms with Gasteiger partial charge in [0.25, 0.3) is 0 Å². The number of hydrogen-bond acceptors (Lipinski definition) is 5. The number of hydrogen-bond donors (Lipinski definition) is 4. The Balaban J connectivity index is 2.45. The summed E-state index contributed by atoms with van der Waals surface area (Å²) in [5, 5.41) is 11.2. The van der Waals surface area contributed by atoms with Crippen molar-refractivity contribution in [3.05, 3.63) is 71.3 Å². The van der Waals surface area contributed by atoms with E-state index in [4.69, 9.17) is 24.4 Å². The highest BCUT2D eigenvalue weighted by Gasteiger charge is 2.28. The molecule has 0 saturated heterocycles. The normalized spacial score (nSPS) is 12.5. The number of nitrogens with one attached hydrogen (secondary N) is 4. The predicted octanol–water partition coefficient (Wildman–Crippen LogP) is 3.66. The van der Waals surface area contributed by atoms with Gasteiger partial charge in [0.2, 0.25) is 0 Å². The van der Waals surface area contributed by atoms with E-state index in [2.05, 4.69) is 21.1 Å². The van der Waals surface area contributed by atoms with Crippen molar-refractivity contribution in [1.82, 2.24) is 21.5 Å². The second-order valence-corrected chi connectivity index (χ2v) is 7.66. The third kappa shape index (κ3) is 10.4. The third-order valence-corrected chi connectivity index (χ3v) is 4.50. The van der Waals surface area contributed by atoms with Crippen LogP contribution >= 0.6 is 24.4 Å². The van der Waals surface area contributed by atoms with Gasteiger partial charge in [0.15, 0.2) is 10.2 Å². The molecule has 0 saturated carbocycles. The summed E-state index contributed by atoms with van der Waals surface area (Å²) in [5.74, 6) is 0. The van der Waals surface area contributed by atoms with Crippen LogP contribution in [0.5, 0.6) is 0 Å². The van der Waals surface area contributed by atoms with Crippen LogP contribution < -0.4 is 21.5 Å². The molecule has 0 aliphatic carbocycles. The summed E-state index contributed by atoms with van der Waals surface area (Å²) in [7, 11) is 0. The van der Waals surface area contributed by atoms with Gasteiger partial charge in [-0.25, -0.2) is 0 Å². The molecule has 7 nitrogen and oxygen atoms in total. The number of hydrazone groups is 2. The molecule has 192 valence electrons. The van der Waals surface area contributed by atoms with E-state index in [-0.39, 0.29) is 11.4 Å². The molecule has 0 spiro atoms. The highest BCUT2D eigenvalue weighted by molar-refractivity contribution is 7.80. The number of benzene rings is 2. The van der Waals surface area contributed by atoms with Crippen LogP contribution in [-0.2, 0) is 0 Å². The standard InChI is InChI=1S/C21H18F6N6OS2/c22-20(23,24)11-28-18(35)32-30-16(14-4-2-1-3-5-14)17(15-8-6-13(10-34)7-9-15)31-33-19(36)29-12-21(25,26)27/h1-10H,11-12H2,(H2,28,32,35)(H2,29,33,36)/b30-16+,31-17+. The van der Waals surface area contributed by atoms with Crippen molar-refractivity contribution in [2.45, 2.75) is 12.4 Å². The van der Waals surface area contributed by atoms with Gasteiger partial charge in [-0.15, -0.1) is 0 Å². The van der Waals surface area contributed by atoms with Crippen LogP contribution in [-0.4, -0.2) is 53.4 Å². The Bertz CT molecular complexity index is 1120. The fourth-order valence-corrected chi connectivity index (χ4v) is 2.71. The van der Waals surface area contributed by atoms with Gasteiger partial charge in [-0.3, -0.25) is 15.6 Å². The smallest absolute Gasteiger partial charge is 0.352 e. The molecule has 0 radical (unpaired) electrons. The molecular weight excluding hydrogens is 530 g/mol. The second-order valence-electron chi connectivity index (χ2n) is 6.85. The number of halogens is 6. The van der Waals surface area contributed by atoms with Crippen molar-refractivity contribution in [2.24, 2.45) is 10.2 Å². The maximum absolute atomic E-state index is 12.5. The van der Waals surface area contributed by atoms with Crippen molar-refractivity contribution in [2.75, 3.05) is 13.1 Å². The summed E-state index contributed by atoms with van der Waals surface area (Å²) >= 11 is 9.68. The molecule has 0 unspecified atom stereocenters. The molecule has 2 aromatic carbocycles. The molecule has 36 heavy (non-hydrogen) atoms. The minimum Gasteiger partial charge on any atom is -0.352 e. The molecule has 0 heterocycles. The molecule has 15 heteroatoms. The number of carbonyl (C=O) groups excluding carboxylic acids is 1. The lowest BCUT2D eigenvalue weighted by Crippen LogP contribution is -2.40. The number of thiocarbonyl (C=S) groups is 2. The Morgan fingerprint density at radius 1 is 0.722 bits per heavy atom. The predicted molar refractivity (Wildman–Crippen MR) is 131 cm³/mol. The largest absolute Gasteiger partial charge is 0.405 e. The molecule has 0 aromatic heterocycles. The maximum atomic E-state index is 12.5. The van der Waals surface area contributed by atoms with Crippen LogP contribution in [0, 0.1) is 0 Å². The van der Waals surface area contributed by atoms with E-state index in [1.165, 1.54) is 24.3 Å². The highest BCUT2D eigenvalue weighted by Crippen LogP contribution is 2.14. The first-order valence-electron chi connectivity index (χ1n) is 9.86. The average Bonchev–Trinajstić information content (AvgIpc) is 2.83. The zero-order valence-electron chi connectivity index (χ0n) is 18.1. The lowest BCUT2D eigenvalue weighted by atomic mass is 9.99. The van der Waals surface area contributed by atoms with Crippen LogP contribution in [0.25, 0.3) is 0 Å². The number of carbonyl (C=O) groups is 1. The van der Waals surface area contributed by atoms with Crippen molar-refractivity contribution < 1.29 is 31.1 Å². The minimum absolute atomic E-state index is 0.0286. The Kier molecular flexibility index (Phi) is 10.3. The van der Waals surface area contributed by atoms with E-state index in [9.17, 15) is 31.1 Å². The van der Waals surface area contributed by atoms with Crippen LogP contribution in [0.1, 0.15) is 21.5 Å². The molecule has 4 N–H and O–H groups in total. The first-order valence-corrected chi connectivity index (χ1v) is 10.7. The van der Waals surface area contributed by atoms with Crippen molar-refractivity contribution in [1.29, 1.82) is 0 Å². The summed E-state index contributed by atoms with van der Waals surface area (Å²) in [6.45, 7) is -2.80.